The zero-order chi connectivity index (χ0) is 16.4. The predicted molar refractivity (Wildman–Crippen MR) is 85.1 cm³/mol. The average molecular weight is 316 g/mol. The van der Waals surface area contributed by atoms with Crippen LogP contribution in [-0.2, 0) is 11.2 Å². The number of halogens is 1. The van der Waals surface area contributed by atoms with Crippen molar-refractivity contribution in [3.8, 4) is 11.3 Å². The fourth-order valence-electron chi connectivity index (χ4n) is 3.32. The van der Waals surface area contributed by atoms with Crippen LogP contribution in [0.15, 0.2) is 34.9 Å². The minimum absolute atomic E-state index is 0.0526. The van der Waals surface area contributed by atoms with E-state index >= 15 is 0 Å². The van der Waals surface area contributed by atoms with Crippen LogP contribution in [0, 0.1) is 17.7 Å². The molecule has 1 fully saturated rings. The Labute approximate surface area is 135 Å². The van der Waals surface area contributed by atoms with E-state index in [1.54, 1.807) is 24.3 Å². The molecule has 122 valence electrons. The standard InChI is InChI=1S/C18H21FN2O2/c1-12-7-13(2)11-21(10-12)18(22)9-14-8-17(23-20-14)15-5-3-4-6-16(15)19/h3-6,8,12-13H,7,9-11H2,1-2H3. The SMILES string of the molecule is CC1CC(C)CN(C(=O)Cc2cc(-c3ccccc3F)on2)C1. The lowest BCUT2D eigenvalue weighted by atomic mass is 9.91. The lowest BCUT2D eigenvalue weighted by Crippen LogP contribution is -2.43. The Morgan fingerprint density at radius 2 is 2.00 bits per heavy atom. The molecular weight excluding hydrogens is 295 g/mol. The van der Waals surface area contributed by atoms with Crippen LogP contribution in [0.25, 0.3) is 11.3 Å². The molecule has 2 heterocycles. The van der Waals surface area contributed by atoms with Crippen LogP contribution in [0.3, 0.4) is 0 Å². The number of piperidine rings is 1. The van der Waals surface area contributed by atoms with E-state index < -0.39 is 0 Å². The molecule has 4 nitrogen and oxygen atoms in total. The number of amides is 1. The second-order valence-electron chi connectivity index (χ2n) is 6.58. The van der Waals surface area contributed by atoms with Gasteiger partial charge in [0.15, 0.2) is 5.76 Å². The first-order valence-corrected chi connectivity index (χ1v) is 8.01. The van der Waals surface area contributed by atoms with Crippen LogP contribution in [0.4, 0.5) is 4.39 Å². The topological polar surface area (TPSA) is 46.3 Å². The molecule has 0 saturated carbocycles. The van der Waals surface area contributed by atoms with Gasteiger partial charge >= 0.3 is 0 Å². The van der Waals surface area contributed by atoms with Crippen molar-refractivity contribution < 1.29 is 13.7 Å². The highest BCUT2D eigenvalue weighted by atomic mass is 19.1. The van der Waals surface area contributed by atoms with Gasteiger partial charge in [0.05, 0.1) is 17.7 Å². The van der Waals surface area contributed by atoms with Gasteiger partial charge in [-0.25, -0.2) is 4.39 Å². The third kappa shape index (κ3) is 3.60. The summed E-state index contributed by atoms with van der Waals surface area (Å²) in [4.78, 5) is 14.3. The Balaban J connectivity index is 1.69. The Hall–Kier alpha value is -2.17. The van der Waals surface area contributed by atoms with Crippen molar-refractivity contribution in [1.82, 2.24) is 10.1 Å². The molecule has 3 rings (SSSR count). The Morgan fingerprint density at radius 3 is 2.70 bits per heavy atom. The molecular formula is C18H21FN2O2. The molecule has 1 aliphatic heterocycles. The van der Waals surface area contributed by atoms with E-state index in [2.05, 4.69) is 19.0 Å². The number of carbonyl (C=O) groups is 1. The molecule has 0 bridgehead atoms. The number of aromatic nitrogens is 1. The number of hydrogen-bond acceptors (Lipinski definition) is 3. The van der Waals surface area contributed by atoms with Crippen LogP contribution in [0.2, 0.25) is 0 Å². The number of nitrogens with zero attached hydrogens (tertiary/aromatic N) is 2. The quantitative estimate of drug-likeness (QED) is 0.870. The van der Waals surface area contributed by atoms with Gasteiger partial charge in [-0.15, -0.1) is 0 Å². The van der Waals surface area contributed by atoms with Gasteiger partial charge in [-0.3, -0.25) is 4.79 Å². The number of hydrogen-bond donors (Lipinski definition) is 0. The van der Waals surface area contributed by atoms with E-state index in [1.807, 2.05) is 4.90 Å². The highest BCUT2D eigenvalue weighted by Gasteiger charge is 2.26. The van der Waals surface area contributed by atoms with Crippen LogP contribution in [-0.4, -0.2) is 29.1 Å². The molecule has 2 aromatic rings. The van der Waals surface area contributed by atoms with E-state index in [0.29, 0.717) is 28.9 Å². The van der Waals surface area contributed by atoms with E-state index in [-0.39, 0.29) is 18.1 Å². The summed E-state index contributed by atoms with van der Waals surface area (Å²) >= 11 is 0. The monoisotopic (exact) mass is 316 g/mol. The van der Waals surface area contributed by atoms with Crippen molar-refractivity contribution in [3.63, 3.8) is 0 Å². The molecule has 2 atom stereocenters. The van der Waals surface area contributed by atoms with Crippen molar-refractivity contribution in [2.45, 2.75) is 26.7 Å². The molecule has 1 aliphatic rings. The first-order chi connectivity index (χ1) is 11.0. The van der Waals surface area contributed by atoms with Gasteiger partial charge in [0.1, 0.15) is 5.82 Å². The third-order valence-corrected chi connectivity index (χ3v) is 4.25. The molecule has 23 heavy (non-hydrogen) atoms. The average Bonchev–Trinajstić information content (AvgIpc) is 2.95. The summed E-state index contributed by atoms with van der Waals surface area (Å²) in [6, 6.07) is 8.02. The van der Waals surface area contributed by atoms with Gasteiger partial charge in [0.25, 0.3) is 0 Å². The summed E-state index contributed by atoms with van der Waals surface area (Å²) < 4.78 is 19.0. The van der Waals surface area contributed by atoms with Crippen molar-refractivity contribution in [2.75, 3.05) is 13.1 Å². The third-order valence-electron chi connectivity index (χ3n) is 4.25. The van der Waals surface area contributed by atoms with E-state index in [0.717, 1.165) is 19.5 Å². The van der Waals surface area contributed by atoms with Gasteiger partial charge < -0.3 is 9.42 Å². The largest absolute Gasteiger partial charge is 0.356 e. The van der Waals surface area contributed by atoms with Crippen LogP contribution in [0.1, 0.15) is 26.0 Å². The minimum Gasteiger partial charge on any atom is -0.356 e. The summed E-state index contributed by atoms with van der Waals surface area (Å²) in [5, 5.41) is 3.92. The van der Waals surface area contributed by atoms with Gasteiger partial charge in [0, 0.05) is 19.2 Å². The maximum Gasteiger partial charge on any atom is 0.228 e. The van der Waals surface area contributed by atoms with Crippen LogP contribution < -0.4 is 0 Å². The molecule has 1 amide bonds. The number of likely N-dealkylation sites (tertiary alicyclic amines) is 1. The highest BCUT2D eigenvalue weighted by molar-refractivity contribution is 5.78. The summed E-state index contributed by atoms with van der Waals surface area (Å²) in [6.07, 6.45) is 1.35. The van der Waals surface area contributed by atoms with Gasteiger partial charge in [0.2, 0.25) is 5.91 Å². The van der Waals surface area contributed by atoms with Gasteiger partial charge in [-0.2, -0.15) is 0 Å². The zero-order valence-corrected chi connectivity index (χ0v) is 13.5. The highest BCUT2D eigenvalue weighted by Crippen LogP contribution is 2.25. The number of carbonyl (C=O) groups excluding carboxylic acids is 1. The fourth-order valence-corrected chi connectivity index (χ4v) is 3.32. The summed E-state index contributed by atoms with van der Waals surface area (Å²) in [5.74, 6) is 1.09. The Morgan fingerprint density at radius 1 is 1.30 bits per heavy atom. The summed E-state index contributed by atoms with van der Waals surface area (Å²) in [6.45, 7) is 5.92. The fraction of sp³-hybridized carbons (Fsp3) is 0.444. The lowest BCUT2D eigenvalue weighted by molar-refractivity contribution is -0.133. The van der Waals surface area contributed by atoms with Crippen molar-refractivity contribution in [1.29, 1.82) is 0 Å². The second-order valence-corrected chi connectivity index (χ2v) is 6.58. The van der Waals surface area contributed by atoms with E-state index in [1.165, 1.54) is 6.07 Å². The lowest BCUT2D eigenvalue weighted by Gasteiger charge is -2.34. The molecule has 2 unspecified atom stereocenters. The van der Waals surface area contributed by atoms with Crippen LogP contribution in [0.5, 0.6) is 0 Å². The van der Waals surface area contributed by atoms with Gasteiger partial charge in [-0.05, 0) is 30.4 Å². The smallest absolute Gasteiger partial charge is 0.228 e. The molecule has 1 saturated heterocycles. The maximum absolute atomic E-state index is 13.8. The first-order valence-electron chi connectivity index (χ1n) is 8.01. The van der Waals surface area contributed by atoms with Crippen molar-refractivity contribution in [2.24, 2.45) is 11.8 Å². The Bertz CT molecular complexity index is 688. The molecule has 0 spiro atoms. The maximum atomic E-state index is 13.8. The number of benzene rings is 1. The van der Waals surface area contributed by atoms with E-state index in [4.69, 9.17) is 4.52 Å². The molecule has 1 aromatic heterocycles. The zero-order valence-electron chi connectivity index (χ0n) is 13.5. The number of rotatable bonds is 3. The van der Waals surface area contributed by atoms with Gasteiger partial charge in [-0.1, -0.05) is 31.1 Å². The molecule has 0 radical (unpaired) electrons. The summed E-state index contributed by atoms with van der Waals surface area (Å²) in [7, 11) is 0. The Kier molecular flexibility index (Phi) is 4.46. The summed E-state index contributed by atoms with van der Waals surface area (Å²) in [5.41, 5.74) is 0.901. The molecule has 5 heteroatoms. The van der Waals surface area contributed by atoms with Crippen molar-refractivity contribution >= 4 is 5.91 Å². The normalized spacial score (nSPS) is 21.4. The van der Waals surface area contributed by atoms with E-state index in [9.17, 15) is 9.18 Å². The predicted octanol–water partition coefficient (Wildman–Crippen LogP) is 3.53. The second kappa shape index (κ2) is 6.52. The first kappa shape index (κ1) is 15.7. The van der Waals surface area contributed by atoms with Crippen molar-refractivity contribution in [3.05, 3.63) is 41.8 Å². The molecule has 0 N–H and O–H groups in total. The minimum atomic E-state index is -0.361. The molecule has 1 aromatic carbocycles. The van der Waals surface area contributed by atoms with Crippen LogP contribution >= 0.6 is 0 Å². The molecule has 0 aliphatic carbocycles.